The molecule has 0 unspecified atom stereocenters. The van der Waals surface area contributed by atoms with Gasteiger partial charge in [-0.2, -0.15) is 0 Å². The number of hydrogen-bond donors (Lipinski definition) is 2. The summed E-state index contributed by atoms with van der Waals surface area (Å²) in [7, 11) is 0. The van der Waals surface area contributed by atoms with Crippen LogP contribution in [0.5, 0.6) is 5.75 Å². The van der Waals surface area contributed by atoms with Gasteiger partial charge in [0.2, 0.25) is 0 Å². The number of aromatic nitrogens is 2. The van der Waals surface area contributed by atoms with Gasteiger partial charge in [-0.25, -0.2) is 4.98 Å². The van der Waals surface area contributed by atoms with Crippen LogP contribution in [-0.4, -0.2) is 20.4 Å². The summed E-state index contributed by atoms with van der Waals surface area (Å²) in [5.41, 5.74) is 2.84. The van der Waals surface area contributed by atoms with Crippen molar-refractivity contribution in [3.8, 4) is 5.75 Å². The lowest BCUT2D eigenvalue weighted by molar-refractivity contribution is 0.0950. The van der Waals surface area contributed by atoms with E-state index in [1.54, 1.807) is 35.0 Å². The first-order chi connectivity index (χ1) is 10.1. The second-order valence-electron chi connectivity index (χ2n) is 4.91. The highest BCUT2D eigenvalue weighted by Crippen LogP contribution is 2.16. The van der Waals surface area contributed by atoms with Crippen molar-refractivity contribution in [2.75, 3.05) is 0 Å². The van der Waals surface area contributed by atoms with Crippen molar-refractivity contribution in [1.82, 2.24) is 14.7 Å². The van der Waals surface area contributed by atoms with Crippen LogP contribution in [0.4, 0.5) is 0 Å². The van der Waals surface area contributed by atoms with Crippen LogP contribution in [-0.2, 0) is 6.54 Å². The van der Waals surface area contributed by atoms with Gasteiger partial charge < -0.3 is 14.8 Å². The molecule has 3 rings (SSSR count). The lowest BCUT2D eigenvalue weighted by Gasteiger charge is -2.03. The van der Waals surface area contributed by atoms with Crippen molar-refractivity contribution in [3.05, 3.63) is 65.6 Å². The maximum Gasteiger partial charge on any atom is 0.251 e. The Hall–Kier alpha value is -2.82. The van der Waals surface area contributed by atoms with Gasteiger partial charge in [-0.15, -0.1) is 0 Å². The van der Waals surface area contributed by atoms with Crippen LogP contribution < -0.4 is 5.32 Å². The molecule has 3 aromatic rings. The second kappa shape index (κ2) is 5.28. The highest BCUT2D eigenvalue weighted by molar-refractivity contribution is 5.94. The Morgan fingerprint density at radius 1 is 1.33 bits per heavy atom. The summed E-state index contributed by atoms with van der Waals surface area (Å²) in [4.78, 5) is 16.4. The Morgan fingerprint density at radius 3 is 2.95 bits per heavy atom. The van der Waals surface area contributed by atoms with Crippen molar-refractivity contribution in [3.63, 3.8) is 0 Å². The Bertz CT molecular complexity index is 808. The first-order valence-electron chi connectivity index (χ1n) is 6.64. The molecule has 0 radical (unpaired) electrons. The average Bonchev–Trinajstić information content (AvgIpc) is 2.89. The standard InChI is InChI=1S/C16H15N3O2/c1-11-4-2-5-12(8-11)16(21)17-9-13-10-19-7-3-6-14(20)15(19)18-13/h2-8,10,20H,9H2,1H3,(H,17,21). The van der Waals surface area contributed by atoms with Crippen LogP contribution in [0, 0.1) is 6.92 Å². The second-order valence-corrected chi connectivity index (χ2v) is 4.91. The number of aromatic hydroxyl groups is 1. The van der Waals surface area contributed by atoms with Crippen molar-refractivity contribution >= 4 is 11.6 Å². The van der Waals surface area contributed by atoms with Gasteiger partial charge in [-0.1, -0.05) is 17.7 Å². The number of benzene rings is 1. The number of fused-ring (bicyclic) bond motifs is 1. The average molecular weight is 281 g/mol. The van der Waals surface area contributed by atoms with E-state index in [9.17, 15) is 9.90 Å². The molecule has 1 aromatic carbocycles. The predicted molar refractivity (Wildman–Crippen MR) is 79.2 cm³/mol. The molecule has 2 heterocycles. The molecule has 0 spiro atoms. The van der Waals surface area contributed by atoms with Gasteiger partial charge >= 0.3 is 0 Å². The number of amides is 1. The molecule has 0 aliphatic carbocycles. The summed E-state index contributed by atoms with van der Waals surface area (Å²) in [5, 5.41) is 12.5. The molecular weight excluding hydrogens is 266 g/mol. The number of aryl methyl sites for hydroxylation is 1. The van der Waals surface area contributed by atoms with Crippen molar-refractivity contribution in [2.24, 2.45) is 0 Å². The monoisotopic (exact) mass is 281 g/mol. The fraction of sp³-hybridized carbons (Fsp3) is 0.125. The quantitative estimate of drug-likeness (QED) is 0.774. The first kappa shape index (κ1) is 13.2. The van der Waals surface area contributed by atoms with Gasteiger partial charge in [-0.3, -0.25) is 4.79 Å². The summed E-state index contributed by atoms with van der Waals surface area (Å²) in [6, 6.07) is 10.7. The molecule has 0 saturated carbocycles. The predicted octanol–water partition coefficient (Wildman–Crippen LogP) is 2.28. The van der Waals surface area contributed by atoms with Gasteiger partial charge in [0.25, 0.3) is 5.91 Å². The topological polar surface area (TPSA) is 66.6 Å². The SMILES string of the molecule is Cc1cccc(C(=O)NCc2cn3cccc(O)c3n2)c1. The Balaban J connectivity index is 1.74. The molecule has 0 saturated heterocycles. The van der Waals surface area contributed by atoms with E-state index >= 15 is 0 Å². The zero-order chi connectivity index (χ0) is 14.8. The van der Waals surface area contributed by atoms with Crippen LogP contribution in [0.2, 0.25) is 0 Å². The lowest BCUT2D eigenvalue weighted by atomic mass is 10.1. The van der Waals surface area contributed by atoms with E-state index < -0.39 is 0 Å². The molecule has 2 aromatic heterocycles. The number of nitrogens with one attached hydrogen (secondary N) is 1. The Kier molecular flexibility index (Phi) is 3.31. The van der Waals surface area contributed by atoms with Crippen molar-refractivity contribution in [1.29, 1.82) is 0 Å². The third kappa shape index (κ3) is 2.72. The van der Waals surface area contributed by atoms with Gasteiger partial charge in [0.15, 0.2) is 11.4 Å². The number of carbonyl (C=O) groups is 1. The molecule has 0 fully saturated rings. The van der Waals surface area contributed by atoms with E-state index in [1.807, 2.05) is 25.1 Å². The number of hydrogen-bond acceptors (Lipinski definition) is 3. The summed E-state index contributed by atoms with van der Waals surface area (Å²) in [6.45, 7) is 2.26. The zero-order valence-electron chi connectivity index (χ0n) is 11.6. The minimum atomic E-state index is -0.139. The van der Waals surface area contributed by atoms with Crippen LogP contribution in [0.15, 0.2) is 48.8 Å². The van der Waals surface area contributed by atoms with E-state index in [4.69, 9.17) is 0 Å². The summed E-state index contributed by atoms with van der Waals surface area (Å²) in [6.07, 6.45) is 3.58. The maximum atomic E-state index is 12.1. The molecule has 5 nitrogen and oxygen atoms in total. The van der Waals surface area contributed by atoms with Crippen LogP contribution >= 0.6 is 0 Å². The normalized spacial score (nSPS) is 10.7. The molecule has 21 heavy (non-hydrogen) atoms. The zero-order valence-corrected chi connectivity index (χ0v) is 11.6. The smallest absolute Gasteiger partial charge is 0.251 e. The fourth-order valence-corrected chi connectivity index (χ4v) is 2.19. The number of imidazole rings is 1. The highest BCUT2D eigenvalue weighted by atomic mass is 16.3. The largest absolute Gasteiger partial charge is 0.504 e. The lowest BCUT2D eigenvalue weighted by Crippen LogP contribution is -2.22. The summed E-state index contributed by atoms with van der Waals surface area (Å²) >= 11 is 0. The molecule has 0 aliphatic rings. The number of nitrogens with zero attached hydrogens (tertiary/aromatic N) is 2. The summed E-state index contributed by atoms with van der Waals surface area (Å²) < 4.78 is 1.73. The number of carbonyl (C=O) groups excluding carboxylic acids is 1. The van der Waals surface area contributed by atoms with Crippen LogP contribution in [0.3, 0.4) is 0 Å². The van der Waals surface area contributed by atoms with E-state index in [0.29, 0.717) is 23.4 Å². The summed E-state index contributed by atoms with van der Waals surface area (Å²) in [5.74, 6) is -0.0197. The molecule has 0 bridgehead atoms. The minimum absolute atomic E-state index is 0.119. The fourth-order valence-electron chi connectivity index (χ4n) is 2.19. The molecular formula is C16H15N3O2. The number of rotatable bonds is 3. The van der Waals surface area contributed by atoms with Gasteiger partial charge in [-0.05, 0) is 31.2 Å². The third-order valence-electron chi connectivity index (χ3n) is 3.22. The molecule has 2 N–H and O–H groups in total. The molecule has 5 heteroatoms. The minimum Gasteiger partial charge on any atom is -0.504 e. The van der Waals surface area contributed by atoms with Gasteiger partial charge in [0.05, 0.1) is 12.2 Å². The first-order valence-corrected chi connectivity index (χ1v) is 6.64. The van der Waals surface area contributed by atoms with E-state index in [1.165, 1.54) is 0 Å². The third-order valence-corrected chi connectivity index (χ3v) is 3.22. The van der Waals surface area contributed by atoms with E-state index in [-0.39, 0.29) is 11.7 Å². The van der Waals surface area contributed by atoms with Gasteiger partial charge in [0.1, 0.15) is 0 Å². The van der Waals surface area contributed by atoms with Crippen LogP contribution in [0.1, 0.15) is 21.6 Å². The van der Waals surface area contributed by atoms with E-state index in [0.717, 1.165) is 5.56 Å². The van der Waals surface area contributed by atoms with Crippen molar-refractivity contribution < 1.29 is 9.90 Å². The number of pyridine rings is 1. The molecule has 106 valence electrons. The molecule has 0 aliphatic heterocycles. The van der Waals surface area contributed by atoms with Crippen molar-refractivity contribution in [2.45, 2.75) is 13.5 Å². The highest BCUT2D eigenvalue weighted by Gasteiger charge is 2.08. The maximum absolute atomic E-state index is 12.1. The van der Waals surface area contributed by atoms with E-state index in [2.05, 4.69) is 10.3 Å². The van der Waals surface area contributed by atoms with Gasteiger partial charge in [0, 0.05) is 18.0 Å². The molecule has 1 amide bonds. The molecule has 0 atom stereocenters. The Labute approximate surface area is 121 Å². The Morgan fingerprint density at radius 2 is 2.19 bits per heavy atom. The van der Waals surface area contributed by atoms with Crippen LogP contribution in [0.25, 0.3) is 5.65 Å².